The SMILES string of the molecule is CSCc1nc(O)c(C2CCCC2)c(=O)[nH]1. The second-order valence-corrected chi connectivity index (χ2v) is 5.03. The van der Waals surface area contributed by atoms with E-state index in [0.29, 0.717) is 17.1 Å². The predicted molar refractivity (Wildman–Crippen MR) is 65.0 cm³/mol. The first-order valence-electron chi connectivity index (χ1n) is 5.53. The molecule has 1 fully saturated rings. The third-order valence-electron chi connectivity index (χ3n) is 3.03. The van der Waals surface area contributed by atoms with Crippen molar-refractivity contribution in [1.29, 1.82) is 0 Å². The molecule has 5 heteroatoms. The average Bonchev–Trinajstić information content (AvgIpc) is 2.70. The van der Waals surface area contributed by atoms with Gasteiger partial charge in [0.05, 0.1) is 11.3 Å². The highest BCUT2D eigenvalue weighted by atomic mass is 32.2. The molecule has 2 rings (SSSR count). The molecule has 2 N–H and O–H groups in total. The van der Waals surface area contributed by atoms with Crippen molar-refractivity contribution in [3.05, 3.63) is 21.7 Å². The number of aromatic nitrogens is 2. The average molecular weight is 240 g/mol. The van der Waals surface area contributed by atoms with Gasteiger partial charge in [-0.3, -0.25) is 4.79 Å². The van der Waals surface area contributed by atoms with E-state index in [0.717, 1.165) is 25.7 Å². The Balaban J connectivity index is 2.35. The first-order chi connectivity index (χ1) is 7.72. The van der Waals surface area contributed by atoms with Gasteiger partial charge in [-0.05, 0) is 25.0 Å². The Kier molecular flexibility index (Phi) is 3.53. The van der Waals surface area contributed by atoms with Crippen LogP contribution in [0.3, 0.4) is 0 Å². The minimum atomic E-state index is -0.163. The molecule has 1 aliphatic carbocycles. The van der Waals surface area contributed by atoms with Crippen LogP contribution in [0.5, 0.6) is 5.88 Å². The largest absolute Gasteiger partial charge is 0.493 e. The fourth-order valence-corrected chi connectivity index (χ4v) is 2.71. The molecule has 4 nitrogen and oxygen atoms in total. The molecule has 1 saturated carbocycles. The summed E-state index contributed by atoms with van der Waals surface area (Å²) in [6, 6.07) is 0. The second kappa shape index (κ2) is 4.91. The van der Waals surface area contributed by atoms with Gasteiger partial charge in [0.15, 0.2) is 0 Å². The van der Waals surface area contributed by atoms with Gasteiger partial charge in [-0.15, -0.1) is 0 Å². The van der Waals surface area contributed by atoms with E-state index in [-0.39, 0.29) is 17.4 Å². The fourth-order valence-electron chi connectivity index (χ4n) is 2.30. The molecule has 0 saturated heterocycles. The van der Waals surface area contributed by atoms with Crippen LogP contribution in [0.15, 0.2) is 4.79 Å². The van der Waals surface area contributed by atoms with E-state index < -0.39 is 0 Å². The number of rotatable bonds is 3. The fraction of sp³-hybridized carbons (Fsp3) is 0.636. The highest BCUT2D eigenvalue weighted by Gasteiger charge is 2.24. The Morgan fingerprint density at radius 2 is 2.19 bits per heavy atom. The van der Waals surface area contributed by atoms with Crippen molar-refractivity contribution in [3.63, 3.8) is 0 Å². The zero-order valence-corrected chi connectivity index (χ0v) is 10.1. The van der Waals surface area contributed by atoms with Gasteiger partial charge >= 0.3 is 0 Å². The number of nitrogens with one attached hydrogen (secondary N) is 1. The minimum absolute atomic E-state index is 0.0697. The van der Waals surface area contributed by atoms with E-state index in [1.807, 2.05) is 6.26 Å². The molecule has 1 aromatic heterocycles. The topological polar surface area (TPSA) is 66.0 Å². The zero-order chi connectivity index (χ0) is 11.5. The Morgan fingerprint density at radius 3 is 2.75 bits per heavy atom. The summed E-state index contributed by atoms with van der Waals surface area (Å²) in [6.07, 6.45) is 6.18. The van der Waals surface area contributed by atoms with Gasteiger partial charge in [0, 0.05) is 0 Å². The van der Waals surface area contributed by atoms with Gasteiger partial charge < -0.3 is 10.1 Å². The van der Waals surface area contributed by atoms with Crippen LogP contribution in [-0.4, -0.2) is 21.3 Å². The summed E-state index contributed by atoms with van der Waals surface area (Å²) in [7, 11) is 0. The molecular formula is C11H16N2O2S. The highest BCUT2D eigenvalue weighted by Crippen LogP contribution is 2.35. The number of thioether (sulfide) groups is 1. The number of H-pyrrole nitrogens is 1. The molecular weight excluding hydrogens is 224 g/mol. The van der Waals surface area contributed by atoms with Crippen LogP contribution in [0.25, 0.3) is 0 Å². The lowest BCUT2D eigenvalue weighted by atomic mass is 10.00. The van der Waals surface area contributed by atoms with Crippen molar-refractivity contribution in [2.75, 3.05) is 6.26 Å². The van der Waals surface area contributed by atoms with Gasteiger partial charge in [0.25, 0.3) is 5.56 Å². The zero-order valence-electron chi connectivity index (χ0n) is 9.32. The number of aromatic amines is 1. The molecule has 16 heavy (non-hydrogen) atoms. The number of aromatic hydroxyl groups is 1. The summed E-state index contributed by atoms with van der Waals surface area (Å²) in [5.41, 5.74) is 0.325. The van der Waals surface area contributed by atoms with E-state index in [1.165, 1.54) is 0 Å². The second-order valence-electron chi connectivity index (χ2n) is 4.16. The molecule has 1 heterocycles. The Morgan fingerprint density at radius 1 is 1.50 bits per heavy atom. The third kappa shape index (κ3) is 2.24. The van der Waals surface area contributed by atoms with E-state index in [4.69, 9.17) is 0 Å². The summed E-state index contributed by atoms with van der Waals surface area (Å²) in [5, 5.41) is 9.82. The molecule has 1 aliphatic rings. The predicted octanol–water partition coefficient (Wildman–Crippen LogP) is 2.00. The van der Waals surface area contributed by atoms with Crippen molar-refractivity contribution in [1.82, 2.24) is 9.97 Å². The summed E-state index contributed by atoms with van der Waals surface area (Å²) >= 11 is 1.57. The lowest BCUT2D eigenvalue weighted by Gasteiger charge is -2.10. The molecule has 0 atom stereocenters. The van der Waals surface area contributed by atoms with E-state index in [9.17, 15) is 9.90 Å². The van der Waals surface area contributed by atoms with E-state index >= 15 is 0 Å². The molecule has 0 bridgehead atoms. The van der Waals surface area contributed by atoms with Crippen molar-refractivity contribution in [2.45, 2.75) is 37.4 Å². The number of hydrogen-bond donors (Lipinski definition) is 2. The lowest BCUT2D eigenvalue weighted by Crippen LogP contribution is -2.18. The van der Waals surface area contributed by atoms with Gasteiger partial charge in [-0.2, -0.15) is 16.7 Å². The molecule has 0 radical (unpaired) electrons. The third-order valence-corrected chi connectivity index (χ3v) is 3.59. The van der Waals surface area contributed by atoms with Crippen molar-refractivity contribution in [3.8, 4) is 5.88 Å². The monoisotopic (exact) mass is 240 g/mol. The van der Waals surface area contributed by atoms with Crippen LogP contribution in [0.1, 0.15) is 43.0 Å². The first kappa shape index (κ1) is 11.5. The van der Waals surface area contributed by atoms with Crippen LogP contribution >= 0.6 is 11.8 Å². The molecule has 1 aromatic rings. The van der Waals surface area contributed by atoms with Crippen molar-refractivity contribution in [2.24, 2.45) is 0 Å². The van der Waals surface area contributed by atoms with Crippen molar-refractivity contribution < 1.29 is 5.11 Å². The van der Waals surface area contributed by atoms with E-state index in [2.05, 4.69) is 9.97 Å². The summed E-state index contributed by atoms with van der Waals surface area (Å²) < 4.78 is 0. The summed E-state index contributed by atoms with van der Waals surface area (Å²) in [4.78, 5) is 18.7. The van der Waals surface area contributed by atoms with Crippen LogP contribution < -0.4 is 5.56 Å². The number of hydrogen-bond acceptors (Lipinski definition) is 4. The number of nitrogens with zero attached hydrogens (tertiary/aromatic N) is 1. The Hall–Kier alpha value is -0.970. The maximum absolute atomic E-state index is 11.9. The normalized spacial score (nSPS) is 16.8. The molecule has 0 aliphatic heterocycles. The quantitative estimate of drug-likeness (QED) is 0.848. The lowest BCUT2D eigenvalue weighted by molar-refractivity contribution is 0.433. The summed E-state index contributed by atoms with van der Waals surface area (Å²) in [6.45, 7) is 0. The smallest absolute Gasteiger partial charge is 0.258 e. The van der Waals surface area contributed by atoms with Crippen molar-refractivity contribution >= 4 is 11.8 Å². The Bertz CT molecular complexity index is 424. The molecule has 88 valence electrons. The van der Waals surface area contributed by atoms with Gasteiger partial charge in [-0.1, -0.05) is 12.8 Å². The van der Waals surface area contributed by atoms with E-state index in [1.54, 1.807) is 11.8 Å². The van der Waals surface area contributed by atoms with Crippen LogP contribution in [0, 0.1) is 0 Å². The Labute approximate surface area is 98.5 Å². The van der Waals surface area contributed by atoms with Crippen LogP contribution in [0.2, 0.25) is 0 Å². The van der Waals surface area contributed by atoms with Crippen LogP contribution in [0.4, 0.5) is 0 Å². The molecule has 0 unspecified atom stereocenters. The van der Waals surface area contributed by atoms with Gasteiger partial charge in [0.1, 0.15) is 5.82 Å². The van der Waals surface area contributed by atoms with Gasteiger partial charge in [-0.25, -0.2) is 0 Å². The minimum Gasteiger partial charge on any atom is -0.493 e. The maximum atomic E-state index is 11.9. The van der Waals surface area contributed by atoms with Crippen LogP contribution in [-0.2, 0) is 5.75 Å². The molecule has 0 amide bonds. The molecule has 0 aromatic carbocycles. The maximum Gasteiger partial charge on any atom is 0.258 e. The molecule has 0 spiro atoms. The highest BCUT2D eigenvalue weighted by molar-refractivity contribution is 7.97. The summed E-state index contributed by atoms with van der Waals surface area (Å²) in [5.74, 6) is 1.30. The standard InChI is InChI=1S/C11H16N2O2S/c1-16-6-8-12-10(14)9(11(15)13-8)7-4-2-3-5-7/h7H,2-6H2,1H3,(H2,12,13,14,15). The van der Waals surface area contributed by atoms with Gasteiger partial charge in [0.2, 0.25) is 5.88 Å². The first-order valence-corrected chi connectivity index (χ1v) is 6.92.